The Labute approximate surface area is 171 Å². The van der Waals surface area contributed by atoms with E-state index in [0.717, 1.165) is 18.7 Å². The molecule has 0 spiro atoms. The highest BCUT2D eigenvalue weighted by atomic mass is 32.2. The summed E-state index contributed by atoms with van der Waals surface area (Å²) in [6.07, 6.45) is 3.50. The van der Waals surface area contributed by atoms with E-state index in [2.05, 4.69) is 46.8 Å². The molecule has 2 aromatic rings. The molecule has 1 atom stereocenters. The monoisotopic (exact) mass is 397 g/mol. The van der Waals surface area contributed by atoms with E-state index >= 15 is 0 Å². The van der Waals surface area contributed by atoms with E-state index < -0.39 is 11.4 Å². The highest BCUT2D eigenvalue weighted by molar-refractivity contribution is 7.97. The minimum atomic E-state index is -0.797. The van der Waals surface area contributed by atoms with Crippen LogP contribution in [0.15, 0.2) is 54.6 Å². The first-order valence-electron chi connectivity index (χ1n) is 10.0. The van der Waals surface area contributed by atoms with Crippen molar-refractivity contribution in [2.24, 2.45) is 0 Å². The van der Waals surface area contributed by atoms with Crippen LogP contribution in [0.3, 0.4) is 0 Å². The number of benzene rings is 2. The number of carbonyl (C=O) groups is 1. The van der Waals surface area contributed by atoms with Gasteiger partial charge in [-0.05, 0) is 42.4 Å². The molecule has 2 saturated heterocycles. The molecule has 28 heavy (non-hydrogen) atoms. The highest BCUT2D eigenvalue weighted by Crippen LogP contribution is 2.40. The van der Waals surface area contributed by atoms with Crippen molar-refractivity contribution < 1.29 is 14.6 Å². The fourth-order valence-electron chi connectivity index (χ4n) is 4.23. The third kappa shape index (κ3) is 4.12. The Bertz CT molecular complexity index is 787. The number of carboxylic acids is 1. The summed E-state index contributed by atoms with van der Waals surface area (Å²) in [5.41, 5.74) is 2.74. The quantitative estimate of drug-likeness (QED) is 0.734. The molecule has 2 heterocycles. The average Bonchev–Trinajstić information content (AvgIpc) is 2.75. The fourth-order valence-corrected chi connectivity index (χ4v) is 5.60. The van der Waals surface area contributed by atoms with Gasteiger partial charge in [0.1, 0.15) is 0 Å². The smallest absolute Gasteiger partial charge is 0.314 e. The second-order valence-electron chi connectivity index (χ2n) is 7.71. The number of rotatable bonds is 5. The van der Waals surface area contributed by atoms with Crippen molar-refractivity contribution in [2.75, 3.05) is 19.8 Å². The zero-order valence-corrected chi connectivity index (χ0v) is 16.9. The molecule has 1 N–H and O–H groups in total. The minimum Gasteiger partial charge on any atom is -0.481 e. The molecule has 2 aliphatic rings. The van der Waals surface area contributed by atoms with Gasteiger partial charge in [-0.2, -0.15) is 0 Å². The Hall–Kier alpha value is -1.82. The standard InChI is InChI=1S/C23H27NO3S/c25-22(26)23(12-15-27-16-13-23)20-10-8-18(9-11-20)17-24-14-4-7-21(28-24)19-5-2-1-3-6-19/h1-3,5-6,8-11,21H,4,7,12-17H2,(H,25,26). The number of nitrogens with zero attached hydrogens (tertiary/aromatic N) is 1. The minimum absolute atomic E-state index is 0.513. The van der Waals surface area contributed by atoms with Gasteiger partial charge in [-0.15, -0.1) is 0 Å². The third-order valence-corrected chi connectivity index (χ3v) is 7.31. The van der Waals surface area contributed by atoms with Crippen molar-refractivity contribution in [1.82, 2.24) is 4.31 Å². The lowest BCUT2D eigenvalue weighted by molar-refractivity contribution is -0.147. The van der Waals surface area contributed by atoms with Gasteiger partial charge in [-0.1, -0.05) is 66.5 Å². The molecule has 0 bridgehead atoms. The molecule has 2 aliphatic heterocycles. The Morgan fingerprint density at radius 2 is 1.82 bits per heavy atom. The molecule has 2 aromatic carbocycles. The van der Waals surface area contributed by atoms with Gasteiger partial charge in [0, 0.05) is 31.6 Å². The van der Waals surface area contributed by atoms with E-state index in [0.29, 0.717) is 31.3 Å². The third-order valence-electron chi connectivity index (χ3n) is 5.94. The van der Waals surface area contributed by atoms with Gasteiger partial charge in [0.2, 0.25) is 0 Å². The van der Waals surface area contributed by atoms with Crippen LogP contribution in [-0.2, 0) is 21.5 Å². The Balaban J connectivity index is 1.43. The maximum Gasteiger partial charge on any atom is 0.314 e. The number of ether oxygens (including phenoxy) is 1. The summed E-state index contributed by atoms with van der Waals surface area (Å²) in [7, 11) is 0. The SMILES string of the molecule is O=C(O)C1(c2ccc(CN3CCCC(c4ccccc4)S3)cc2)CCOCC1. The topological polar surface area (TPSA) is 49.8 Å². The van der Waals surface area contributed by atoms with Gasteiger partial charge < -0.3 is 9.84 Å². The molecule has 0 aliphatic carbocycles. The number of hydrogen-bond donors (Lipinski definition) is 1. The van der Waals surface area contributed by atoms with E-state index in [-0.39, 0.29) is 0 Å². The lowest BCUT2D eigenvalue weighted by atomic mass is 9.74. The molecule has 2 fully saturated rings. The second kappa shape index (κ2) is 8.68. The average molecular weight is 398 g/mol. The molecule has 148 valence electrons. The summed E-state index contributed by atoms with van der Waals surface area (Å²) in [6, 6.07) is 19.0. The van der Waals surface area contributed by atoms with Gasteiger partial charge >= 0.3 is 5.97 Å². The van der Waals surface area contributed by atoms with Crippen LogP contribution in [0.1, 0.15) is 47.6 Å². The van der Waals surface area contributed by atoms with Crippen molar-refractivity contribution >= 4 is 17.9 Å². The number of aliphatic carboxylic acids is 1. The first-order valence-corrected chi connectivity index (χ1v) is 10.9. The molecule has 0 aromatic heterocycles. The molecular weight excluding hydrogens is 370 g/mol. The van der Waals surface area contributed by atoms with Crippen molar-refractivity contribution in [1.29, 1.82) is 0 Å². The van der Waals surface area contributed by atoms with Crippen LogP contribution in [0, 0.1) is 0 Å². The summed E-state index contributed by atoms with van der Waals surface area (Å²) in [4.78, 5) is 12.0. The van der Waals surface area contributed by atoms with Crippen molar-refractivity contribution in [3.63, 3.8) is 0 Å². The maximum absolute atomic E-state index is 12.0. The zero-order valence-electron chi connectivity index (χ0n) is 16.0. The predicted molar refractivity (Wildman–Crippen MR) is 112 cm³/mol. The lowest BCUT2D eigenvalue weighted by Gasteiger charge is -2.34. The summed E-state index contributed by atoms with van der Waals surface area (Å²) in [6.45, 7) is 3.00. The van der Waals surface area contributed by atoms with E-state index in [1.54, 1.807) is 0 Å². The van der Waals surface area contributed by atoms with Gasteiger partial charge in [0.25, 0.3) is 0 Å². The number of carboxylic acid groups (broad SMARTS) is 1. The van der Waals surface area contributed by atoms with E-state index in [1.807, 2.05) is 24.1 Å². The first kappa shape index (κ1) is 19.5. The maximum atomic E-state index is 12.0. The van der Waals surface area contributed by atoms with E-state index in [4.69, 9.17) is 4.74 Å². The molecule has 4 rings (SSSR count). The summed E-state index contributed by atoms with van der Waals surface area (Å²) in [5, 5.41) is 10.4. The first-order chi connectivity index (χ1) is 13.7. The molecule has 5 heteroatoms. The van der Waals surface area contributed by atoms with Crippen LogP contribution in [0.5, 0.6) is 0 Å². The van der Waals surface area contributed by atoms with Crippen molar-refractivity contribution in [3.8, 4) is 0 Å². The number of hydrogen-bond acceptors (Lipinski definition) is 4. The summed E-state index contributed by atoms with van der Waals surface area (Å²) < 4.78 is 7.84. The zero-order chi connectivity index (χ0) is 19.4. The van der Waals surface area contributed by atoms with Gasteiger partial charge in [0.05, 0.1) is 5.41 Å². The van der Waals surface area contributed by atoms with Gasteiger partial charge in [0.15, 0.2) is 0 Å². The summed E-state index contributed by atoms with van der Waals surface area (Å²) in [5.74, 6) is -0.735. The Morgan fingerprint density at radius 3 is 2.50 bits per heavy atom. The van der Waals surface area contributed by atoms with Gasteiger partial charge in [-0.3, -0.25) is 4.79 Å². The van der Waals surface area contributed by atoms with Crippen molar-refractivity contribution in [3.05, 3.63) is 71.3 Å². The lowest BCUT2D eigenvalue weighted by Crippen LogP contribution is -2.41. The van der Waals surface area contributed by atoms with Crippen LogP contribution in [0.4, 0.5) is 0 Å². The predicted octanol–water partition coefficient (Wildman–Crippen LogP) is 4.80. The largest absolute Gasteiger partial charge is 0.481 e. The molecule has 0 amide bonds. The van der Waals surface area contributed by atoms with Crippen LogP contribution in [-0.4, -0.2) is 35.1 Å². The Kier molecular flexibility index (Phi) is 6.04. The van der Waals surface area contributed by atoms with E-state index in [9.17, 15) is 9.90 Å². The summed E-state index contributed by atoms with van der Waals surface area (Å²) >= 11 is 1.94. The highest BCUT2D eigenvalue weighted by Gasteiger charge is 2.41. The molecule has 4 nitrogen and oxygen atoms in total. The second-order valence-corrected chi connectivity index (χ2v) is 9.00. The van der Waals surface area contributed by atoms with Crippen LogP contribution in [0.2, 0.25) is 0 Å². The molecular formula is C23H27NO3S. The van der Waals surface area contributed by atoms with Crippen LogP contribution in [0.25, 0.3) is 0 Å². The molecule has 0 saturated carbocycles. The fraction of sp³-hybridized carbons (Fsp3) is 0.435. The van der Waals surface area contributed by atoms with E-state index in [1.165, 1.54) is 24.0 Å². The van der Waals surface area contributed by atoms with Crippen LogP contribution >= 0.6 is 11.9 Å². The van der Waals surface area contributed by atoms with Crippen LogP contribution < -0.4 is 0 Å². The molecule has 0 radical (unpaired) electrons. The normalized spacial score (nSPS) is 22.6. The Morgan fingerprint density at radius 1 is 1.11 bits per heavy atom. The van der Waals surface area contributed by atoms with Gasteiger partial charge in [-0.25, -0.2) is 4.31 Å². The molecule has 1 unspecified atom stereocenters. The van der Waals surface area contributed by atoms with Crippen molar-refractivity contribution in [2.45, 2.75) is 42.9 Å².